The van der Waals surface area contributed by atoms with Crippen molar-refractivity contribution in [3.05, 3.63) is 53.9 Å². The van der Waals surface area contributed by atoms with Gasteiger partial charge in [0, 0.05) is 18.2 Å². The summed E-state index contributed by atoms with van der Waals surface area (Å²) < 4.78 is 2.28. The Kier molecular flexibility index (Phi) is 5.01. The number of rotatable bonds is 6. The summed E-state index contributed by atoms with van der Waals surface area (Å²) in [5, 5.41) is 12.5. The monoisotopic (exact) mass is 325 g/mol. The summed E-state index contributed by atoms with van der Waals surface area (Å²) in [6, 6.07) is 15.1. The molecule has 0 saturated heterocycles. The van der Waals surface area contributed by atoms with Crippen molar-refractivity contribution < 1.29 is 0 Å². The minimum Gasteiger partial charge on any atom is -0.306 e. The van der Waals surface area contributed by atoms with Crippen LogP contribution < -0.4 is 0 Å². The molecule has 3 rings (SSSR count). The van der Waals surface area contributed by atoms with Gasteiger partial charge in [-0.1, -0.05) is 75.0 Å². The average Bonchev–Trinajstić information content (AvgIpc) is 2.96. The van der Waals surface area contributed by atoms with Gasteiger partial charge >= 0.3 is 0 Å². The number of nitrogens with zero attached hydrogens (tertiary/aromatic N) is 3. The zero-order chi connectivity index (χ0) is 16.2. The van der Waals surface area contributed by atoms with Crippen LogP contribution in [0.3, 0.4) is 0 Å². The molecule has 0 aliphatic heterocycles. The van der Waals surface area contributed by atoms with Crippen molar-refractivity contribution in [1.82, 2.24) is 14.8 Å². The molecule has 0 fully saturated rings. The lowest BCUT2D eigenvalue weighted by Gasteiger charge is -2.11. The molecule has 0 bridgehead atoms. The second-order valence-electron chi connectivity index (χ2n) is 6.07. The van der Waals surface area contributed by atoms with Gasteiger partial charge in [0.15, 0.2) is 5.16 Å². The number of fused-ring (bicyclic) bond motifs is 1. The Balaban J connectivity index is 1.85. The molecular weight excluding hydrogens is 302 g/mol. The van der Waals surface area contributed by atoms with E-state index in [-0.39, 0.29) is 0 Å². The van der Waals surface area contributed by atoms with Crippen LogP contribution in [0.1, 0.15) is 44.5 Å². The van der Waals surface area contributed by atoms with Gasteiger partial charge < -0.3 is 4.57 Å². The number of aromatic nitrogens is 3. The highest BCUT2D eigenvalue weighted by atomic mass is 32.2. The molecule has 4 heteroatoms. The molecule has 0 amide bonds. The molecule has 2 aromatic carbocycles. The molecule has 0 atom stereocenters. The van der Waals surface area contributed by atoms with Crippen molar-refractivity contribution in [1.29, 1.82) is 0 Å². The second kappa shape index (κ2) is 7.18. The topological polar surface area (TPSA) is 30.7 Å². The highest BCUT2D eigenvalue weighted by Gasteiger charge is 2.15. The fourth-order valence-electron chi connectivity index (χ4n) is 2.83. The minimum absolute atomic E-state index is 0.404. The summed E-state index contributed by atoms with van der Waals surface area (Å²) in [7, 11) is 0. The first-order chi connectivity index (χ1) is 11.2. The maximum atomic E-state index is 4.43. The van der Waals surface area contributed by atoms with E-state index in [0.29, 0.717) is 5.92 Å². The molecule has 0 N–H and O–H groups in total. The van der Waals surface area contributed by atoms with E-state index in [0.717, 1.165) is 29.7 Å². The molecule has 23 heavy (non-hydrogen) atoms. The zero-order valence-electron chi connectivity index (χ0n) is 14.0. The van der Waals surface area contributed by atoms with E-state index in [9.17, 15) is 0 Å². The van der Waals surface area contributed by atoms with Crippen LogP contribution in [0.4, 0.5) is 0 Å². The molecule has 0 aliphatic rings. The fourth-order valence-corrected chi connectivity index (χ4v) is 3.80. The molecule has 3 aromatic rings. The highest BCUT2D eigenvalue weighted by Crippen LogP contribution is 2.28. The summed E-state index contributed by atoms with van der Waals surface area (Å²) >= 11 is 1.78. The highest BCUT2D eigenvalue weighted by molar-refractivity contribution is 7.98. The fraction of sp³-hybridized carbons (Fsp3) is 0.368. The van der Waals surface area contributed by atoms with Crippen LogP contribution in [0, 0.1) is 0 Å². The summed E-state index contributed by atoms with van der Waals surface area (Å²) in [5.74, 6) is 2.41. The summed E-state index contributed by atoms with van der Waals surface area (Å²) in [4.78, 5) is 0. The Morgan fingerprint density at radius 3 is 2.61 bits per heavy atom. The predicted molar refractivity (Wildman–Crippen MR) is 97.9 cm³/mol. The van der Waals surface area contributed by atoms with Gasteiger partial charge in [-0.2, -0.15) is 0 Å². The SMILES string of the molecule is CCCn1c(SCc2cccc3ccccc23)nnc1C(C)C. The van der Waals surface area contributed by atoms with Gasteiger partial charge in [-0.15, -0.1) is 10.2 Å². The molecule has 0 unspecified atom stereocenters. The van der Waals surface area contributed by atoms with Crippen LogP contribution in [0.15, 0.2) is 47.6 Å². The van der Waals surface area contributed by atoms with Crippen molar-refractivity contribution in [2.45, 2.75) is 50.6 Å². The van der Waals surface area contributed by atoms with Crippen LogP contribution in [-0.4, -0.2) is 14.8 Å². The smallest absolute Gasteiger partial charge is 0.191 e. The maximum Gasteiger partial charge on any atom is 0.191 e. The first-order valence-corrected chi connectivity index (χ1v) is 9.21. The normalized spacial score (nSPS) is 11.5. The van der Waals surface area contributed by atoms with Crippen LogP contribution in [0.25, 0.3) is 10.8 Å². The molecule has 1 aromatic heterocycles. The zero-order valence-corrected chi connectivity index (χ0v) is 14.8. The Labute approximate surface area is 142 Å². The van der Waals surface area contributed by atoms with Crippen molar-refractivity contribution in [2.75, 3.05) is 0 Å². The lowest BCUT2D eigenvalue weighted by molar-refractivity contribution is 0.572. The van der Waals surface area contributed by atoms with Crippen LogP contribution >= 0.6 is 11.8 Å². The van der Waals surface area contributed by atoms with E-state index >= 15 is 0 Å². The predicted octanol–water partition coefficient (Wildman–Crippen LogP) is 5.26. The van der Waals surface area contributed by atoms with E-state index in [1.54, 1.807) is 11.8 Å². The van der Waals surface area contributed by atoms with Gasteiger partial charge in [0.05, 0.1) is 0 Å². The molecule has 1 heterocycles. The van der Waals surface area contributed by atoms with Crippen molar-refractivity contribution in [2.24, 2.45) is 0 Å². The van der Waals surface area contributed by atoms with Crippen LogP contribution in [0.2, 0.25) is 0 Å². The van der Waals surface area contributed by atoms with E-state index < -0.39 is 0 Å². The van der Waals surface area contributed by atoms with Crippen LogP contribution in [-0.2, 0) is 12.3 Å². The first-order valence-electron chi connectivity index (χ1n) is 8.23. The van der Waals surface area contributed by atoms with E-state index in [1.807, 2.05) is 0 Å². The minimum atomic E-state index is 0.404. The number of benzene rings is 2. The molecule has 3 nitrogen and oxygen atoms in total. The summed E-state index contributed by atoms with van der Waals surface area (Å²) in [6.45, 7) is 7.53. The molecule has 0 spiro atoms. The number of hydrogen-bond donors (Lipinski definition) is 0. The van der Waals surface area contributed by atoms with Crippen molar-refractivity contribution in [3.8, 4) is 0 Å². The average molecular weight is 325 g/mol. The van der Waals surface area contributed by atoms with Gasteiger partial charge in [-0.25, -0.2) is 0 Å². The van der Waals surface area contributed by atoms with E-state index in [1.165, 1.54) is 16.3 Å². The van der Waals surface area contributed by atoms with E-state index in [4.69, 9.17) is 0 Å². The third-order valence-corrected chi connectivity index (χ3v) is 4.96. The third-order valence-electron chi connectivity index (χ3n) is 3.95. The molecule has 0 radical (unpaired) electrons. The molecular formula is C19H23N3S. The summed E-state index contributed by atoms with van der Waals surface area (Å²) in [6.07, 6.45) is 1.10. The van der Waals surface area contributed by atoms with E-state index in [2.05, 4.69) is 78.0 Å². The Morgan fingerprint density at radius 1 is 1.04 bits per heavy atom. The standard InChI is InChI=1S/C19H23N3S/c1-4-12-22-18(14(2)3)20-21-19(22)23-13-16-10-7-9-15-8-5-6-11-17(15)16/h5-11,14H,4,12-13H2,1-3H3. The van der Waals surface area contributed by atoms with Gasteiger partial charge in [-0.05, 0) is 22.8 Å². The lowest BCUT2D eigenvalue weighted by Crippen LogP contribution is -2.06. The number of thioether (sulfide) groups is 1. The van der Waals surface area contributed by atoms with Gasteiger partial charge in [0.2, 0.25) is 0 Å². The second-order valence-corrected chi connectivity index (χ2v) is 7.02. The Morgan fingerprint density at radius 2 is 1.83 bits per heavy atom. The van der Waals surface area contributed by atoms with Gasteiger partial charge in [0.1, 0.15) is 5.82 Å². The van der Waals surface area contributed by atoms with Gasteiger partial charge in [0.25, 0.3) is 0 Å². The molecule has 0 saturated carbocycles. The van der Waals surface area contributed by atoms with Crippen molar-refractivity contribution in [3.63, 3.8) is 0 Å². The number of hydrogen-bond acceptors (Lipinski definition) is 3. The Hall–Kier alpha value is -1.81. The summed E-state index contributed by atoms with van der Waals surface area (Å²) in [5.41, 5.74) is 1.35. The third kappa shape index (κ3) is 3.42. The maximum absolute atomic E-state index is 4.43. The van der Waals surface area contributed by atoms with Gasteiger partial charge in [-0.3, -0.25) is 0 Å². The largest absolute Gasteiger partial charge is 0.306 e. The Bertz CT molecular complexity index is 787. The van der Waals surface area contributed by atoms with Crippen molar-refractivity contribution >= 4 is 22.5 Å². The quantitative estimate of drug-likeness (QED) is 0.579. The molecule has 0 aliphatic carbocycles. The van der Waals surface area contributed by atoms with Crippen LogP contribution in [0.5, 0.6) is 0 Å². The lowest BCUT2D eigenvalue weighted by atomic mass is 10.1. The first kappa shape index (κ1) is 16.1. The molecule has 120 valence electrons.